The van der Waals surface area contributed by atoms with E-state index in [0.29, 0.717) is 21.0 Å². The lowest BCUT2D eigenvalue weighted by atomic mass is 10.2. The molecule has 5 nitrogen and oxygen atoms in total. The topological polar surface area (TPSA) is 85.3 Å². The predicted octanol–water partition coefficient (Wildman–Crippen LogP) is 3.43. The zero-order valence-corrected chi connectivity index (χ0v) is 12.8. The molecule has 0 radical (unpaired) electrons. The summed E-state index contributed by atoms with van der Waals surface area (Å²) in [6, 6.07) is 10.5. The average molecular weight is 335 g/mol. The van der Waals surface area contributed by atoms with Crippen LogP contribution in [0.1, 0.15) is 15.4 Å². The Labute approximate surface area is 134 Å². The maximum atomic E-state index is 12.2. The number of amides is 2. The van der Waals surface area contributed by atoms with Crippen molar-refractivity contribution in [3.63, 3.8) is 0 Å². The molecule has 3 aromatic rings. The summed E-state index contributed by atoms with van der Waals surface area (Å²) < 4.78 is 6.03. The van der Waals surface area contributed by atoms with Crippen LogP contribution in [-0.2, 0) is 11.2 Å². The summed E-state index contributed by atoms with van der Waals surface area (Å²) in [5, 5.41) is 3.34. The van der Waals surface area contributed by atoms with E-state index in [9.17, 15) is 9.59 Å². The smallest absolute Gasteiger partial charge is 0.286 e. The molecule has 0 saturated heterocycles. The van der Waals surface area contributed by atoms with Crippen LogP contribution in [0, 0.1) is 0 Å². The minimum Gasteiger partial charge on any atom is -0.449 e. The van der Waals surface area contributed by atoms with E-state index in [0.717, 1.165) is 4.88 Å². The minimum atomic E-state index is -0.731. The number of halogens is 1. The van der Waals surface area contributed by atoms with Crippen molar-refractivity contribution in [1.82, 2.24) is 0 Å². The molecule has 0 atom stereocenters. The van der Waals surface area contributed by atoms with Gasteiger partial charge in [0.15, 0.2) is 0 Å². The molecule has 7 heteroatoms. The van der Waals surface area contributed by atoms with Crippen LogP contribution in [0.2, 0.25) is 4.34 Å². The summed E-state index contributed by atoms with van der Waals surface area (Å²) in [6.07, 6.45) is 0.162. The lowest BCUT2D eigenvalue weighted by molar-refractivity contribution is -0.115. The fourth-order valence-electron chi connectivity index (χ4n) is 2.13. The van der Waals surface area contributed by atoms with Crippen molar-refractivity contribution in [2.45, 2.75) is 6.42 Å². The lowest BCUT2D eigenvalue weighted by Gasteiger charge is -2.03. The molecule has 0 spiro atoms. The number of fused-ring (bicyclic) bond motifs is 1. The van der Waals surface area contributed by atoms with Gasteiger partial charge in [-0.1, -0.05) is 23.7 Å². The number of rotatable bonds is 4. The zero-order valence-electron chi connectivity index (χ0n) is 11.3. The highest BCUT2D eigenvalue weighted by molar-refractivity contribution is 7.16. The van der Waals surface area contributed by atoms with Gasteiger partial charge in [0.25, 0.3) is 5.91 Å². The molecule has 3 N–H and O–H groups in total. The number of para-hydroxylation sites is 1. The molecule has 0 aliphatic rings. The van der Waals surface area contributed by atoms with Gasteiger partial charge in [-0.3, -0.25) is 9.59 Å². The van der Waals surface area contributed by atoms with Crippen LogP contribution in [0.15, 0.2) is 40.8 Å². The Balaban J connectivity index is 1.90. The van der Waals surface area contributed by atoms with E-state index in [1.165, 1.54) is 11.3 Å². The molecule has 0 fully saturated rings. The second-order valence-corrected chi connectivity index (χ2v) is 6.40. The Morgan fingerprint density at radius 1 is 1.23 bits per heavy atom. The standard InChI is InChI=1S/C15H11ClN2O3S/c16-11-6-5-8(22-11)7-12(19)18-13-9-3-1-2-4-10(9)21-14(13)15(17)20/h1-6H,7H2,(H2,17,20)(H,18,19). The second kappa shape index (κ2) is 5.82. The third-order valence-electron chi connectivity index (χ3n) is 3.05. The Morgan fingerprint density at radius 3 is 2.68 bits per heavy atom. The van der Waals surface area contributed by atoms with Crippen molar-refractivity contribution in [1.29, 1.82) is 0 Å². The number of nitrogens with one attached hydrogen (secondary N) is 1. The fourth-order valence-corrected chi connectivity index (χ4v) is 3.22. The Kier molecular flexibility index (Phi) is 3.87. The number of benzene rings is 1. The second-order valence-electron chi connectivity index (χ2n) is 4.60. The third kappa shape index (κ3) is 2.84. The molecule has 0 aliphatic carbocycles. The highest BCUT2D eigenvalue weighted by Gasteiger charge is 2.20. The number of hydrogen-bond acceptors (Lipinski definition) is 4. The number of anilines is 1. The summed E-state index contributed by atoms with van der Waals surface area (Å²) >= 11 is 7.17. The van der Waals surface area contributed by atoms with Crippen molar-refractivity contribution in [3.05, 3.63) is 51.4 Å². The first-order valence-corrected chi connectivity index (χ1v) is 7.59. The summed E-state index contributed by atoms with van der Waals surface area (Å²) in [4.78, 5) is 24.5. The van der Waals surface area contributed by atoms with E-state index in [1.807, 2.05) is 0 Å². The van der Waals surface area contributed by atoms with Crippen molar-refractivity contribution in [3.8, 4) is 0 Å². The molecule has 112 valence electrons. The van der Waals surface area contributed by atoms with Gasteiger partial charge in [0.05, 0.1) is 10.8 Å². The van der Waals surface area contributed by atoms with Gasteiger partial charge in [0.1, 0.15) is 11.3 Å². The molecule has 22 heavy (non-hydrogen) atoms. The molecule has 2 aromatic heterocycles. The molecule has 0 saturated carbocycles. The average Bonchev–Trinajstić information content (AvgIpc) is 3.03. The maximum Gasteiger partial charge on any atom is 0.286 e. The van der Waals surface area contributed by atoms with E-state index in [1.54, 1.807) is 36.4 Å². The van der Waals surface area contributed by atoms with Crippen molar-refractivity contribution >= 4 is 51.4 Å². The van der Waals surface area contributed by atoms with Crippen molar-refractivity contribution in [2.75, 3.05) is 5.32 Å². The van der Waals surface area contributed by atoms with Crippen LogP contribution in [0.25, 0.3) is 11.0 Å². The van der Waals surface area contributed by atoms with Gasteiger partial charge in [0, 0.05) is 10.3 Å². The normalized spacial score (nSPS) is 10.8. The molecule has 2 amide bonds. The summed E-state index contributed by atoms with van der Waals surface area (Å²) in [5.41, 5.74) is 6.10. The van der Waals surface area contributed by atoms with E-state index >= 15 is 0 Å². The van der Waals surface area contributed by atoms with Gasteiger partial charge in [-0.15, -0.1) is 11.3 Å². The fraction of sp³-hybridized carbons (Fsp3) is 0.0667. The Hall–Kier alpha value is -2.31. The first-order valence-electron chi connectivity index (χ1n) is 6.40. The molecule has 0 bridgehead atoms. The van der Waals surface area contributed by atoms with Crippen molar-refractivity contribution in [2.24, 2.45) is 5.73 Å². The molecule has 2 heterocycles. The quantitative estimate of drug-likeness (QED) is 0.766. The number of carbonyl (C=O) groups is 2. The van der Waals surface area contributed by atoms with Crippen LogP contribution < -0.4 is 11.1 Å². The van der Waals surface area contributed by atoms with Gasteiger partial charge in [-0.2, -0.15) is 0 Å². The van der Waals surface area contributed by atoms with Crippen LogP contribution in [0.5, 0.6) is 0 Å². The number of thiophene rings is 1. The van der Waals surface area contributed by atoms with Crippen molar-refractivity contribution < 1.29 is 14.0 Å². The number of furan rings is 1. The Bertz CT molecular complexity index is 869. The maximum absolute atomic E-state index is 12.2. The zero-order chi connectivity index (χ0) is 15.7. The lowest BCUT2D eigenvalue weighted by Crippen LogP contribution is -2.18. The van der Waals surface area contributed by atoms with E-state index in [4.69, 9.17) is 21.8 Å². The first-order chi connectivity index (χ1) is 10.5. The van der Waals surface area contributed by atoms with Crippen LogP contribution in [-0.4, -0.2) is 11.8 Å². The summed E-state index contributed by atoms with van der Waals surface area (Å²) in [6.45, 7) is 0. The highest BCUT2D eigenvalue weighted by atomic mass is 35.5. The minimum absolute atomic E-state index is 0.0567. The number of nitrogens with two attached hydrogens (primary N) is 1. The predicted molar refractivity (Wildman–Crippen MR) is 86.4 cm³/mol. The van der Waals surface area contributed by atoms with Gasteiger partial charge >= 0.3 is 0 Å². The number of hydrogen-bond donors (Lipinski definition) is 2. The van der Waals surface area contributed by atoms with Gasteiger partial charge < -0.3 is 15.5 Å². The molecular weight excluding hydrogens is 324 g/mol. The Morgan fingerprint density at radius 2 is 2.00 bits per heavy atom. The largest absolute Gasteiger partial charge is 0.449 e. The van der Waals surface area contributed by atoms with Crippen LogP contribution >= 0.6 is 22.9 Å². The summed E-state index contributed by atoms with van der Waals surface area (Å²) in [7, 11) is 0. The van der Waals surface area contributed by atoms with Crippen LogP contribution in [0.3, 0.4) is 0 Å². The molecule has 0 aliphatic heterocycles. The third-order valence-corrected chi connectivity index (χ3v) is 4.28. The number of carbonyl (C=O) groups excluding carboxylic acids is 2. The molecular formula is C15H11ClN2O3S. The first kappa shape index (κ1) is 14.6. The van der Waals surface area contributed by atoms with Gasteiger partial charge in [-0.25, -0.2) is 0 Å². The SMILES string of the molecule is NC(=O)c1oc2ccccc2c1NC(=O)Cc1ccc(Cl)s1. The highest BCUT2D eigenvalue weighted by Crippen LogP contribution is 2.31. The van der Waals surface area contributed by atoms with Crippen LogP contribution in [0.4, 0.5) is 5.69 Å². The van der Waals surface area contributed by atoms with Gasteiger partial charge in [0.2, 0.25) is 11.7 Å². The summed E-state index contributed by atoms with van der Waals surface area (Å²) in [5.74, 6) is -1.06. The monoisotopic (exact) mass is 334 g/mol. The molecule has 1 aromatic carbocycles. The van der Waals surface area contributed by atoms with E-state index < -0.39 is 5.91 Å². The molecule has 3 rings (SSSR count). The van der Waals surface area contributed by atoms with Gasteiger partial charge in [-0.05, 0) is 24.3 Å². The van der Waals surface area contributed by atoms with E-state index in [2.05, 4.69) is 5.32 Å². The molecule has 0 unspecified atom stereocenters. The van der Waals surface area contributed by atoms with E-state index in [-0.39, 0.29) is 18.1 Å². The number of primary amides is 1.